The minimum Gasteiger partial charge on any atom is -0.466 e. The van der Waals surface area contributed by atoms with Crippen molar-refractivity contribution in [2.75, 3.05) is 37.7 Å². The molecule has 114 valence electrons. The Hall–Kier alpha value is -2.15. The summed E-state index contributed by atoms with van der Waals surface area (Å²) in [6, 6.07) is 3.89. The molecule has 1 aliphatic heterocycles. The zero-order valence-electron chi connectivity index (χ0n) is 12.0. The Morgan fingerprint density at radius 2 is 1.81 bits per heavy atom. The summed E-state index contributed by atoms with van der Waals surface area (Å²) < 4.78 is 4.70. The van der Waals surface area contributed by atoms with Crippen molar-refractivity contribution in [3.05, 3.63) is 24.5 Å². The molecule has 1 aromatic rings. The second-order valence-electron chi connectivity index (χ2n) is 4.57. The monoisotopic (exact) mass is 293 g/mol. The number of pyridine rings is 1. The van der Waals surface area contributed by atoms with Crippen molar-refractivity contribution in [2.24, 2.45) is 0 Å². The lowest BCUT2D eigenvalue weighted by molar-refractivity contribution is -0.193. The average Bonchev–Trinajstić information content (AvgIpc) is 2.49. The molecule has 0 bridgehead atoms. The van der Waals surface area contributed by atoms with Gasteiger partial charge in [0.25, 0.3) is 0 Å². The summed E-state index contributed by atoms with van der Waals surface area (Å²) in [6.45, 7) is 4.64. The van der Waals surface area contributed by atoms with Crippen LogP contribution in [-0.2, 0) is 19.2 Å². The fraction of sp³-hybridized carbons (Fsp3) is 0.500. The fourth-order valence-electron chi connectivity index (χ4n) is 2.10. The second kappa shape index (κ2) is 7.58. The molecule has 21 heavy (non-hydrogen) atoms. The standard InChI is InChI=1S/C14H19N3O4/c1-2-20-13(18)11-14(19)21-17-9-7-16(8-10-17)12-3-5-15-6-4-12/h3-6H,2,7-11H2,1H3. The Balaban J connectivity index is 1.74. The second-order valence-corrected chi connectivity index (χ2v) is 4.57. The minimum absolute atomic E-state index is 0.261. The van der Waals surface area contributed by atoms with Gasteiger partial charge in [0.05, 0.1) is 19.7 Å². The number of rotatable bonds is 5. The number of carbonyl (C=O) groups is 2. The maximum Gasteiger partial charge on any atom is 0.336 e. The van der Waals surface area contributed by atoms with E-state index in [2.05, 4.69) is 9.88 Å². The molecular weight excluding hydrogens is 274 g/mol. The predicted octanol–water partition coefficient (Wildman–Crippen LogP) is 0.615. The number of nitrogens with zero attached hydrogens (tertiary/aromatic N) is 3. The smallest absolute Gasteiger partial charge is 0.336 e. The molecule has 0 unspecified atom stereocenters. The van der Waals surface area contributed by atoms with Gasteiger partial charge in [-0.05, 0) is 19.1 Å². The zero-order chi connectivity index (χ0) is 15.1. The molecule has 0 N–H and O–H groups in total. The largest absolute Gasteiger partial charge is 0.466 e. The van der Waals surface area contributed by atoms with E-state index in [1.54, 1.807) is 24.4 Å². The van der Waals surface area contributed by atoms with Crippen LogP contribution in [0.15, 0.2) is 24.5 Å². The predicted molar refractivity (Wildman–Crippen MR) is 75.4 cm³/mol. The Kier molecular flexibility index (Phi) is 5.51. The van der Waals surface area contributed by atoms with Gasteiger partial charge in [0.2, 0.25) is 0 Å². The van der Waals surface area contributed by atoms with E-state index in [9.17, 15) is 9.59 Å². The molecule has 2 heterocycles. The quantitative estimate of drug-likeness (QED) is 0.582. The van der Waals surface area contributed by atoms with Crippen LogP contribution in [0.25, 0.3) is 0 Å². The van der Waals surface area contributed by atoms with Crippen molar-refractivity contribution in [2.45, 2.75) is 13.3 Å². The molecule has 1 saturated heterocycles. The Labute approximate surface area is 123 Å². The van der Waals surface area contributed by atoms with Crippen molar-refractivity contribution in [3.63, 3.8) is 0 Å². The molecule has 0 aliphatic carbocycles. The number of anilines is 1. The van der Waals surface area contributed by atoms with E-state index in [0.29, 0.717) is 13.1 Å². The van der Waals surface area contributed by atoms with Crippen molar-refractivity contribution in [3.8, 4) is 0 Å². The van der Waals surface area contributed by atoms with Gasteiger partial charge in [-0.1, -0.05) is 0 Å². The molecule has 0 spiro atoms. The van der Waals surface area contributed by atoms with E-state index in [-0.39, 0.29) is 13.0 Å². The van der Waals surface area contributed by atoms with Gasteiger partial charge in [-0.3, -0.25) is 9.78 Å². The third-order valence-electron chi connectivity index (χ3n) is 3.09. The van der Waals surface area contributed by atoms with Gasteiger partial charge in [-0.2, -0.15) is 0 Å². The van der Waals surface area contributed by atoms with Crippen LogP contribution in [0, 0.1) is 0 Å². The normalized spacial score (nSPS) is 15.6. The van der Waals surface area contributed by atoms with Crippen LogP contribution in [0.3, 0.4) is 0 Å². The molecular formula is C14H19N3O4. The maximum atomic E-state index is 11.6. The van der Waals surface area contributed by atoms with E-state index in [0.717, 1.165) is 18.8 Å². The number of esters is 1. The summed E-state index contributed by atoms with van der Waals surface area (Å²) in [7, 11) is 0. The van der Waals surface area contributed by atoms with Crippen LogP contribution in [0.2, 0.25) is 0 Å². The number of piperazine rings is 1. The Bertz CT molecular complexity index is 472. The van der Waals surface area contributed by atoms with Crippen LogP contribution in [0.4, 0.5) is 5.69 Å². The summed E-state index contributed by atoms with van der Waals surface area (Å²) in [5.41, 5.74) is 1.10. The van der Waals surface area contributed by atoms with Crippen molar-refractivity contribution in [1.82, 2.24) is 10.0 Å². The summed E-state index contributed by atoms with van der Waals surface area (Å²) >= 11 is 0. The minimum atomic E-state index is -0.578. The van der Waals surface area contributed by atoms with Gasteiger partial charge < -0.3 is 14.5 Å². The first kappa shape index (κ1) is 15.2. The van der Waals surface area contributed by atoms with Crippen molar-refractivity contribution < 1.29 is 19.2 Å². The lowest BCUT2D eigenvalue weighted by Crippen LogP contribution is -2.47. The molecule has 0 radical (unpaired) electrons. The molecule has 2 rings (SSSR count). The summed E-state index contributed by atoms with van der Waals surface area (Å²) in [6.07, 6.45) is 3.15. The van der Waals surface area contributed by atoms with Crippen LogP contribution in [0.5, 0.6) is 0 Å². The van der Waals surface area contributed by atoms with E-state index in [4.69, 9.17) is 9.57 Å². The lowest BCUT2D eigenvalue weighted by Gasteiger charge is -2.34. The molecule has 0 saturated carbocycles. The van der Waals surface area contributed by atoms with E-state index < -0.39 is 11.9 Å². The summed E-state index contributed by atoms with van der Waals surface area (Å²) in [5, 5.41) is 1.58. The highest BCUT2D eigenvalue weighted by molar-refractivity contribution is 5.91. The first-order valence-corrected chi connectivity index (χ1v) is 6.95. The lowest BCUT2D eigenvalue weighted by atomic mass is 10.3. The first-order valence-electron chi connectivity index (χ1n) is 6.95. The third-order valence-corrected chi connectivity index (χ3v) is 3.09. The summed E-state index contributed by atoms with van der Waals surface area (Å²) in [5.74, 6) is -1.14. The molecule has 1 aromatic heterocycles. The van der Waals surface area contributed by atoms with Gasteiger partial charge >= 0.3 is 11.9 Å². The van der Waals surface area contributed by atoms with Gasteiger partial charge in [0.1, 0.15) is 6.42 Å². The highest BCUT2D eigenvalue weighted by Gasteiger charge is 2.21. The molecule has 7 heteroatoms. The number of ether oxygens (including phenoxy) is 1. The topological polar surface area (TPSA) is 72.0 Å². The van der Waals surface area contributed by atoms with E-state index in [1.165, 1.54) is 0 Å². The van der Waals surface area contributed by atoms with Gasteiger partial charge in [0, 0.05) is 31.2 Å². The molecule has 0 amide bonds. The third kappa shape index (κ3) is 4.71. The number of hydroxylamine groups is 2. The fourth-order valence-corrected chi connectivity index (χ4v) is 2.10. The van der Waals surface area contributed by atoms with Gasteiger partial charge in [-0.15, -0.1) is 5.06 Å². The molecule has 7 nitrogen and oxygen atoms in total. The van der Waals surface area contributed by atoms with Crippen LogP contribution in [-0.4, -0.2) is 54.8 Å². The van der Waals surface area contributed by atoms with E-state index >= 15 is 0 Å². The SMILES string of the molecule is CCOC(=O)CC(=O)ON1CCN(c2ccncc2)CC1. The van der Waals surface area contributed by atoms with E-state index in [1.807, 2.05) is 12.1 Å². The first-order chi connectivity index (χ1) is 10.2. The van der Waals surface area contributed by atoms with Crippen LogP contribution in [0.1, 0.15) is 13.3 Å². The highest BCUT2D eigenvalue weighted by atomic mass is 16.7. The van der Waals surface area contributed by atoms with Crippen LogP contribution >= 0.6 is 0 Å². The van der Waals surface area contributed by atoms with Gasteiger partial charge in [0.15, 0.2) is 0 Å². The number of aromatic nitrogens is 1. The molecule has 1 aliphatic rings. The number of carbonyl (C=O) groups excluding carboxylic acids is 2. The highest BCUT2D eigenvalue weighted by Crippen LogP contribution is 2.14. The number of hydrogen-bond donors (Lipinski definition) is 0. The maximum absolute atomic E-state index is 11.6. The van der Waals surface area contributed by atoms with Gasteiger partial charge in [-0.25, -0.2) is 4.79 Å². The Morgan fingerprint density at radius 3 is 2.43 bits per heavy atom. The molecule has 0 aromatic carbocycles. The zero-order valence-corrected chi connectivity index (χ0v) is 12.0. The van der Waals surface area contributed by atoms with Crippen molar-refractivity contribution >= 4 is 17.6 Å². The number of hydrogen-bond acceptors (Lipinski definition) is 7. The molecule has 1 fully saturated rings. The Morgan fingerprint density at radius 1 is 1.14 bits per heavy atom. The average molecular weight is 293 g/mol. The molecule has 0 atom stereocenters. The summed E-state index contributed by atoms with van der Waals surface area (Å²) in [4.78, 5) is 34.1. The van der Waals surface area contributed by atoms with Crippen LogP contribution < -0.4 is 4.90 Å². The van der Waals surface area contributed by atoms with Crippen molar-refractivity contribution in [1.29, 1.82) is 0 Å².